The van der Waals surface area contributed by atoms with Gasteiger partial charge in [-0.05, 0) is 31.5 Å². The molecule has 0 spiro atoms. The molecule has 92 valence electrons. The largest absolute Gasteiger partial charge is 0.360 e. The maximum atomic E-state index is 11.2. The quantitative estimate of drug-likeness (QED) is 0.927. The summed E-state index contributed by atoms with van der Waals surface area (Å²) in [6, 6.07) is 6.24. The number of aryl methyl sites for hydroxylation is 1. The lowest BCUT2D eigenvalue weighted by atomic mass is 10.2. The molecule has 0 fully saturated rings. The van der Waals surface area contributed by atoms with Gasteiger partial charge in [-0.1, -0.05) is 17.4 Å². The second-order valence-corrected chi connectivity index (χ2v) is 7.01. The number of benzene rings is 1. The van der Waals surface area contributed by atoms with Gasteiger partial charge in [0.25, 0.3) is 0 Å². The molecule has 2 rings (SSSR count). The van der Waals surface area contributed by atoms with Crippen molar-refractivity contribution in [2.24, 2.45) is 0 Å². The Morgan fingerprint density at radius 3 is 3.00 bits per heavy atom. The second kappa shape index (κ2) is 5.14. The van der Waals surface area contributed by atoms with Gasteiger partial charge in [-0.2, -0.15) is 0 Å². The molecule has 0 aliphatic carbocycles. The molecular formula is C12H16N2OS2. The molecule has 0 bridgehead atoms. The maximum Gasteiger partial charge on any atom is 0.183 e. The zero-order valence-corrected chi connectivity index (χ0v) is 11.8. The van der Waals surface area contributed by atoms with E-state index < -0.39 is 10.8 Å². The van der Waals surface area contributed by atoms with Gasteiger partial charge in [0.2, 0.25) is 0 Å². The lowest BCUT2D eigenvalue weighted by Crippen LogP contribution is -2.20. The van der Waals surface area contributed by atoms with Crippen LogP contribution in [0.4, 0.5) is 5.13 Å². The van der Waals surface area contributed by atoms with E-state index in [9.17, 15) is 4.21 Å². The fourth-order valence-electron chi connectivity index (χ4n) is 1.46. The Morgan fingerprint density at radius 1 is 1.53 bits per heavy atom. The van der Waals surface area contributed by atoms with E-state index in [0.717, 1.165) is 10.6 Å². The normalized spacial score (nSPS) is 14.8. The van der Waals surface area contributed by atoms with Gasteiger partial charge in [-0.25, -0.2) is 4.98 Å². The van der Waals surface area contributed by atoms with Crippen LogP contribution in [0.1, 0.15) is 12.5 Å². The van der Waals surface area contributed by atoms with E-state index in [1.54, 1.807) is 17.6 Å². The summed E-state index contributed by atoms with van der Waals surface area (Å²) in [5, 5.41) is 4.30. The molecule has 2 unspecified atom stereocenters. The molecular weight excluding hydrogens is 252 g/mol. The number of nitrogens with one attached hydrogen (secondary N) is 1. The fourth-order valence-corrected chi connectivity index (χ4v) is 2.74. The van der Waals surface area contributed by atoms with Crippen molar-refractivity contribution in [2.75, 3.05) is 18.1 Å². The molecule has 1 heterocycles. The van der Waals surface area contributed by atoms with Crippen LogP contribution in [0, 0.1) is 6.92 Å². The molecule has 0 aliphatic rings. The average molecular weight is 268 g/mol. The van der Waals surface area contributed by atoms with Gasteiger partial charge in [-0.3, -0.25) is 4.21 Å². The highest BCUT2D eigenvalue weighted by molar-refractivity contribution is 7.84. The van der Waals surface area contributed by atoms with Gasteiger partial charge >= 0.3 is 0 Å². The van der Waals surface area contributed by atoms with Crippen LogP contribution in [0.5, 0.6) is 0 Å². The molecule has 1 N–H and O–H groups in total. The van der Waals surface area contributed by atoms with Crippen LogP contribution in [0.2, 0.25) is 0 Å². The number of hydrogen-bond donors (Lipinski definition) is 1. The predicted octanol–water partition coefficient (Wildman–Crippen LogP) is 2.78. The summed E-state index contributed by atoms with van der Waals surface area (Å²) in [5.41, 5.74) is 2.27. The van der Waals surface area contributed by atoms with Crippen LogP contribution in [-0.2, 0) is 10.8 Å². The summed E-state index contributed by atoms with van der Waals surface area (Å²) < 4.78 is 12.4. The molecule has 0 aliphatic heterocycles. The van der Waals surface area contributed by atoms with Gasteiger partial charge in [0, 0.05) is 28.9 Å². The number of nitrogens with zero attached hydrogens (tertiary/aromatic N) is 1. The molecule has 2 atom stereocenters. The van der Waals surface area contributed by atoms with Gasteiger partial charge < -0.3 is 5.32 Å². The lowest BCUT2D eigenvalue weighted by Gasteiger charge is -2.07. The fraction of sp³-hybridized carbons (Fsp3) is 0.417. The Kier molecular flexibility index (Phi) is 3.79. The van der Waals surface area contributed by atoms with E-state index >= 15 is 0 Å². The first-order valence-electron chi connectivity index (χ1n) is 5.49. The number of hydrogen-bond acceptors (Lipinski definition) is 4. The molecule has 2 aromatic rings. The molecule has 17 heavy (non-hydrogen) atoms. The molecule has 1 aromatic heterocycles. The van der Waals surface area contributed by atoms with Gasteiger partial charge in [-0.15, -0.1) is 0 Å². The smallest absolute Gasteiger partial charge is 0.183 e. The minimum Gasteiger partial charge on any atom is -0.360 e. The standard InChI is InChI=1S/C12H16N2OS2/c1-8-4-5-10-11(6-8)16-12(14-10)13-7-9(2)17(3)15/h4-6,9H,7H2,1-3H3,(H,13,14). The molecule has 0 radical (unpaired) electrons. The van der Waals surface area contributed by atoms with Crippen LogP contribution in [0.25, 0.3) is 10.2 Å². The van der Waals surface area contributed by atoms with Gasteiger partial charge in [0.05, 0.1) is 10.2 Å². The Balaban J connectivity index is 2.12. The van der Waals surface area contributed by atoms with Crippen molar-refractivity contribution in [1.82, 2.24) is 4.98 Å². The number of aromatic nitrogens is 1. The molecule has 0 saturated heterocycles. The van der Waals surface area contributed by atoms with E-state index in [-0.39, 0.29) is 5.25 Å². The monoisotopic (exact) mass is 268 g/mol. The van der Waals surface area contributed by atoms with Crippen molar-refractivity contribution >= 4 is 37.5 Å². The summed E-state index contributed by atoms with van der Waals surface area (Å²) in [6.45, 7) is 4.75. The Bertz CT molecular complexity index is 550. The highest BCUT2D eigenvalue weighted by Gasteiger charge is 2.08. The third-order valence-corrected chi connectivity index (χ3v) is 4.93. The highest BCUT2D eigenvalue weighted by Crippen LogP contribution is 2.26. The first-order valence-corrected chi connectivity index (χ1v) is 7.93. The van der Waals surface area contributed by atoms with Crippen LogP contribution < -0.4 is 5.32 Å². The first-order chi connectivity index (χ1) is 8.06. The van der Waals surface area contributed by atoms with Crippen molar-refractivity contribution in [3.05, 3.63) is 23.8 Å². The van der Waals surface area contributed by atoms with E-state index in [1.807, 2.05) is 13.0 Å². The Hall–Kier alpha value is -0.940. The number of fused-ring (bicyclic) bond motifs is 1. The minimum absolute atomic E-state index is 0.142. The van der Waals surface area contributed by atoms with Crippen LogP contribution in [0.3, 0.4) is 0 Å². The summed E-state index contributed by atoms with van der Waals surface area (Å²) in [6.07, 6.45) is 1.73. The Labute approximate surface area is 108 Å². The molecule has 0 amide bonds. The van der Waals surface area contributed by atoms with Crippen molar-refractivity contribution in [3.8, 4) is 0 Å². The van der Waals surface area contributed by atoms with Crippen molar-refractivity contribution < 1.29 is 4.21 Å². The Morgan fingerprint density at radius 2 is 2.29 bits per heavy atom. The van der Waals surface area contributed by atoms with E-state index in [2.05, 4.69) is 29.4 Å². The lowest BCUT2D eigenvalue weighted by molar-refractivity contribution is 0.679. The van der Waals surface area contributed by atoms with Gasteiger partial charge in [0.15, 0.2) is 5.13 Å². The van der Waals surface area contributed by atoms with Crippen molar-refractivity contribution in [3.63, 3.8) is 0 Å². The van der Waals surface area contributed by atoms with E-state index in [4.69, 9.17) is 0 Å². The summed E-state index contributed by atoms with van der Waals surface area (Å²) in [4.78, 5) is 4.49. The van der Waals surface area contributed by atoms with Crippen LogP contribution in [0.15, 0.2) is 18.2 Å². The third kappa shape index (κ3) is 3.04. The highest BCUT2D eigenvalue weighted by atomic mass is 32.2. The molecule has 5 heteroatoms. The number of thiazole rings is 1. The minimum atomic E-state index is -0.791. The first kappa shape index (κ1) is 12.5. The summed E-state index contributed by atoms with van der Waals surface area (Å²) in [5.74, 6) is 0. The van der Waals surface area contributed by atoms with Crippen molar-refractivity contribution in [1.29, 1.82) is 0 Å². The van der Waals surface area contributed by atoms with Crippen LogP contribution >= 0.6 is 11.3 Å². The van der Waals surface area contributed by atoms with Gasteiger partial charge in [0.1, 0.15) is 0 Å². The predicted molar refractivity (Wildman–Crippen MR) is 76.4 cm³/mol. The third-order valence-electron chi connectivity index (χ3n) is 2.65. The summed E-state index contributed by atoms with van der Waals surface area (Å²) >= 11 is 1.64. The molecule has 3 nitrogen and oxygen atoms in total. The zero-order chi connectivity index (χ0) is 12.4. The molecule has 0 saturated carbocycles. The van der Waals surface area contributed by atoms with Crippen molar-refractivity contribution in [2.45, 2.75) is 19.1 Å². The number of rotatable bonds is 4. The van der Waals surface area contributed by atoms with E-state index in [0.29, 0.717) is 6.54 Å². The topological polar surface area (TPSA) is 42.0 Å². The van der Waals surface area contributed by atoms with E-state index in [1.165, 1.54) is 10.3 Å². The van der Waals surface area contributed by atoms with Crippen LogP contribution in [-0.4, -0.2) is 27.2 Å². The summed E-state index contributed by atoms with van der Waals surface area (Å²) in [7, 11) is -0.791. The average Bonchev–Trinajstić information content (AvgIpc) is 2.67. The second-order valence-electron chi connectivity index (χ2n) is 4.18. The zero-order valence-electron chi connectivity index (χ0n) is 10.2. The maximum absolute atomic E-state index is 11.2. The SMILES string of the molecule is Cc1ccc2nc(NCC(C)S(C)=O)sc2c1. The number of anilines is 1. The molecule has 1 aromatic carbocycles.